The highest BCUT2D eigenvalue weighted by Gasteiger charge is 2.50. The van der Waals surface area contributed by atoms with Crippen molar-refractivity contribution in [1.82, 2.24) is 21.3 Å². The molecule has 1 saturated heterocycles. The van der Waals surface area contributed by atoms with Gasteiger partial charge in [-0.2, -0.15) is 0 Å². The number of Topliss-reactive ketones (excluding diaryl/α,β-unsaturated/α-hetero) is 1. The maximum Gasteiger partial charge on any atom is 0.407 e. The minimum Gasteiger partial charge on any atom is -0.507 e. The summed E-state index contributed by atoms with van der Waals surface area (Å²) in [5.41, 5.74) is 1.41. The number of amides is 6. The summed E-state index contributed by atoms with van der Waals surface area (Å²) in [5.74, 6) is -8.08. The zero-order valence-electron chi connectivity index (χ0n) is 41.3. The van der Waals surface area contributed by atoms with E-state index in [9.17, 15) is 68.7 Å². The number of phenols is 2. The Morgan fingerprint density at radius 2 is 1.61 bits per heavy atom. The summed E-state index contributed by atoms with van der Waals surface area (Å²) < 4.78 is 22.9. The van der Waals surface area contributed by atoms with Gasteiger partial charge >= 0.3 is 18.1 Å². The van der Waals surface area contributed by atoms with Crippen molar-refractivity contribution in [3.8, 4) is 17.2 Å². The van der Waals surface area contributed by atoms with E-state index in [1.165, 1.54) is 56.5 Å². The van der Waals surface area contributed by atoms with E-state index in [2.05, 4.69) is 26.6 Å². The predicted octanol–water partition coefficient (Wildman–Crippen LogP) is 0.846. The van der Waals surface area contributed by atoms with E-state index >= 15 is 0 Å². The van der Waals surface area contributed by atoms with Gasteiger partial charge in [0.05, 0.1) is 48.5 Å². The van der Waals surface area contributed by atoms with Crippen molar-refractivity contribution in [3.05, 3.63) is 81.4 Å². The first kappa shape index (κ1) is 56.6. The van der Waals surface area contributed by atoms with E-state index < -0.39 is 156 Å². The quantitative estimate of drug-likeness (QED) is 0.0406. The number of urea groups is 1. The van der Waals surface area contributed by atoms with E-state index in [1.807, 2.05) is 0 Å². The fraction of sp³-hybridized carbons (Fsp3) is 0.460. The molecule has 25 nitrogen and oxygen atoms in total. The van der Waals surface area contributed by atoms with Gasteiger partial charge in [0.1, 0.15) is 54.3 Å². The third-order valence-electron chi connectivity index (χ3n) is 13.1. The topological polar surface area (TPSA) is 398 Å². The smallest absolute Gasteiger partial charge is 0.407 e. The number of aromatic hydroxyl groups is 2. The number of rotatable bonds is 21. The number of benzene rings is 3. The van der Waals surface area contributed by atoms with Gasteiger partial charge in [0.15, 0.2) is 17.9 Å². The zero-order chi connectivity index (χ0) is 55.1. The van der Waals surface area contributed by atoms with Gasteiger partial charge in [-0.1, -0.05) is 38.1 Å². The summed E-state index contributed by atoms with van der Waals surface area (Å²) in [4.78, 5) is 116. The van der Waals surface area contributed by atoms with Gasteiger partial charge in [-0.15, -0.1) is 0 Å². The summed E-state index contributed by atoms with van der Waals surface area (Å²) in [6, 6.07) is 6.05. The number of alkyl carbamates (subject to hydrolysis) is 1. The summed E-state index contributed by atoms with van der Waals surface area (Å²) in [6.45, 7) is 3.40. The fourth-order valence-corrected chi connectivity index (χ4v) is 9.16. The van der Waals surface area contributed by atoms with Crippen molar-refractivity contribution >= 4 is 58.9 Å². The van der Waals surface area contributed by atoms with Gasteiger partial charge in [0, 0.05) is 54.6 Å². The molecule has 0 radical (unpaired) electrons. The summed E-state index contributed by atoms with van der Waals surface area (Å²) in [7, 11) is 1.28. The molecule has 0 spiro atoms. The number of nitrogens with one attached hydrogen (secondary N) is 5. The number of ether oxygens (including phenoxy) is 4. The van der Waals surface area contributed by atoms with E-state index in [4.69, 9.17) is 29.8 Å². The largest absolute Gasteiger partial charge is 0.507 e. The highest BCUT2D eigenvalue weighted by atomic mass is 16.7. The molecule has 3 aliphatic rings. The van der Waals surface area contributed by atoms with Gasteiger partial charge < -0.3 is 81.9 Å². The number of aliphatic carboxylic acids is 1. The van der Waals surface area contributed by atoms with E-state index in [1.54, 1.807) is 13.8 Å². The molecular formula is C50H60N6O19. The predicted molar refractivity (Wildman–Crippen MR) is 258 cm³/mol. The van der Waals surface area contributed by atoms with Gasteiger partial charge in [0.25, 0.3) is 0 Å². The monoisotopic (exact) mass is 1050 g/mol. The van der Waals surface area contributed by atoms with Crippen LogP contribution in [0.3, 0.4) is 0 Å². The van der Waals surface area contributed by atoms with Gasteiger partial charge in [-0.05, 0) is 49.4 Å². The van der Waals surface area contributed by atoms with Crippen molar-refractivity contribution in [1.29, 1.82) is 0 Å². The Hall–Kier alpha value is -7.71. The van der Waals surface area contributed by atoms with E-state index in [-0.39, 0.29) is 72.5 Å². The molecule has 0 unspecified atom stereocenters. The Bertz CT molecular complexity index is 2730. The molecule has 6 amide bonds. The van der Waals surface area contributed by atoms with Crippen LogP contribution in [0.2, 0.25) is 0 Å². The molecule has 0 saturated carbocycles. The molecule has 3 aromatic rings. The lowest BCUT2D eigenvalue weighted by atomic mass is 9.72. The number of methoxy groups -OCH3 is 1. The third kappa shape index (κ3) is 13.0. The zero-order valence-corrected chi connectivity index (χ0v) is 41.3. The first-order valence-electron chi connectivity index (χ1n) is 23.9. The number of hydrogen-bond acceptors (Lipinski definition) is 18. The van der Waals surface area contributed by atoms with Gasteiger partial charge in [-0.25, -0.2) is 9.59 Å². The minimum atomic E-state index is -2.42. The van der Waals surface area contributed by atoms with Crippen LogP contribution in [0.25, 0.3) is 0 Å². The highest BCUT2D eigenvalue weighted by molar-refractivity contribution is 6.31. The molecule has 1 fully saturated rings. The second-order valence-corrected chi connectivity index (χ2v) is 18.7. The van der Waals surface area contributed by atoms with Crippen LogP contribution >= 0.6 is 0 Å². The number of nitrogens with two attached hydrogens (primary N) is 1. The maximum atomic E-state index is 14.0. The molecular weight excluding hydrogens is 989 g/mol. The number of aliphatic hydroxyl groups is 3. The van der Waals surface area contributed by atoms with E-state index in [0.29, 0.717) is 5.56 Å². The van der Waals surface area contributed by atoms with Crippen LogP contribution < -0.4 is 37.1 Å². The van der Waals surface area contributed by atoms with Crippen molar-refractivity contribution in [2.45, 2.75) is 121 Å². The molecule has 404 valence electrons. The van der Waals surface area contributed by atoms with Crippen molar-refractivity contribution < 1.29 is 92.7 Å². The molecule has 6 rings (SSSR count). The summed E-state index contributed by atoms with van der Waals surface area (Å²) in [6.07, 6.45) is -8.54. The molecule has 0 aromatic heterocycles. The number of anilines is 1. The van der Waals surface area contributed by atoms with Crippen LogP contribution in [0.1, 0.15) is 114 Å². The molecule has 3 aromatic carbocycles. The number of phenolic OH excluding ortho intramolecular Hbond substituents is 2. The average molecular weight is 1050 g/mol. The van der Waals surface area contributed by atoms with Gasteiger partial charge in [-0.3, -0.25) is 33.6 Å². The lowest BCUT2D eigenvalue weighted by Crippen LogP contribution is -2.56. The number of carbonyl (C=O) groups is 9. The number of carboxylic acid groups (broad SMARTS) is 1. The Kier molecular flexibility index (Phi) is 18.2. The average Bonchev–Trinajstić information content (AvgIpc) is 3.37. The Balaban J connectivity index is 1.12. The first-order valence-corrected chi connectivity index (χ1v) is 23.9. The number of hydrogen-bond donors (Lipinski definition) is 12. The Morgan fingerprint density at radius 1 is 0.920 bits per heavy atom. The first-order chi connectivity index (χ1) is 35.5. The van der Waals surface area contributed by atoms with E-state index in [0.717, 1.165) is 0 Å². The molecule has 75 heavy (non-hydrogen) atoms. The number of ketones is 3. The van der Waals surface area contributed by atoms with Crippen LogP contribution in [-0.2, 0) is 51.2 Å². The second kappa shape index (κ2) is 24.1. The molecule has 1 aliphatic heterocycles. The lowest BCUT2D eigenvalue weighted by molar-refractivity contribution is -0.249. The maximum absolute atomic E-state index is 14.0. The summed E-state index contributed by atoms with van der Waals surface area (Å²) >= 11 is 0. The van der Waals surface area contributed by atoms with Crippen LogP contribution in [0, 0.1) is 5.92 Å². The van der Waals surface area contributed by atoms with Crippen molar-refractivity contribution in [2.75, 3.05) is 25.6 Å². The van der Waals surface area contributed by atoms with Gasteiger partial charge in [0.2, 0.25) is 23.5 Å². The number of primary amides is 1. The molecule has 25 heteroatoms. The summed E-state index contributed by atoms with van der Waals surface area (Å²) in [5, 5.41) is 77.8. The van der Waals surface area contributed by atoms with Crippen LogP contribution in [0.4, 0.5) is 15.3 Å². The Labute approximate surface area is 428 Å². The number of aliphatic hydroxyl groups excluding tert-OH is 2. The molecule has 8 atom stereocenters. The number of carbonyl (C=O) groups excluding carboxylic acids is 8. The minimum absolute atomic E-state index is 0.0181. The molecule has 13 N–H and O–H groups in total. The SMILES string of the molecule is COc1cccc2c1C(=O)c1c(O)c3c(c(O)c1C2=O)C[C@@](O)(C(=O)CO)C[C@@H]3O[C@H]1C[C@H](NC(=O)OCc2ccc(NC(=O)[C@H](CCCNC(N)=O)NC(=O)[C@@H](NC(=O)CCC(=O)O)C(C)C)cc2)[C@@H](O)[C@H](C)O1. The van der Waals surface area contributed by atoms with Crippen molar-refractivity contribution in [2.24, 2.45) is 11.7 Å². The lowest BCUT2D eigenvalue weighted by Gasteiger charge is -2.42. The van der Waals surface area contributed by atoms with Crippen LogP contribution in [-0.4, -0.2) is 146 Å². The van der Waals surface area contributed by atoms with Crippen molar-refractivity contribution in [3.63, 3.8) is 0 Å². The number of fused-ring (bicyclic) bond motifs is 3. The highest BCUT2D eigenvalue weighted by Crippen LogP contribution is 2.52. The van der Waals surface area contributed by atoms with Crippen LogP contribution in [0.5, 0.6) is 17.2 Å². The standard InChI is InChI=1S/C50H60N6O19/c1-22(2)40(56-33(59)14-15-34(60)61)47(68)54-28(8-6-16-52-48(51)69)46(67)53-25-12-10-24(11-13-25)21-73-49(70)55-29-17-35(74-23(3)41(29)62)75-31-19-50(71,32(58)20-57)18-27-37(31)45(66)39-38(43(27)64)42(63)26-7-5-9-30(72-4)36(26)44(39)65/h5,7,9-13,22-23,28-29,31,35,40-41,57,62,64,66,71H,6,8,14-21H2,1-4H3,(H,53,67)(H,54,68)(H,55,70)(H,56,59)(H,60,61)(H3,51,52,69)/t23-,28-,29-,31-,35-,40-,41-,50-/m0/s1. The third-order valence-corrected chi connectivity index (χ3v) is 13.1. The molecule has 0 bridgehead atoms. The second-order valence-electron chi connectivity index (χ2n) is 18.7. The molecule has 2 aliphatic carbocycles. The number of carboxylic acids is 1. The normalized spacial score (nSPS) is 21.5. The molecule has 1 heterocycles. The Morgan fingerprint density at radius 3 is 2.25 bits per heavy atom. The van der Waals surface area contributed by atoms with Crippen LogP contribution in [0.15, 0.2) is 42.5 Å². The fourth-order valence-electron chi connectivity index (χ4n) is 9.16.